The molecule has 0 aliphatic heterocycles. The zero-order valence-electron chi connectivity index (χ0n) is 7.84. The van der Waals surface area contributed by atoms with Crippen molar-refractivity contribution < 1.29 is 4.39 Å². The Hall–Kier alpha value is -2.10. The largest absolute Gasteiger partial charge is 0.249 e. The van der Waals surface area contributed by atoms with Gasteiger partial charge in [-0.2, -0.15) is 0 Å². The molecule has 0 aliphatic carbocycles. The van der Waals surface area contributed by atoms with Gasteiger partial charge in [0.2, 0.25) is 5.95 Å². The molecule has 0 bridgehead atoms. The first-order chi connectivity index (χ1) is 7.34. The van der Waals surface area contributed by atoms with Crippen molar-refractivity contribution in [2.45, 2.75) is 0 Å². The third-order valence-corrected chi connectivity index (χ3v) is 1.75. The fourth-order valence-electron chi connectivity index (χ4n) is 1.04. The minimum Gasteiger partial charge on any atom is -0.220 e. The van der Waals surface area contributed by atoms with E-state index in [1.807, 2.05) is 0 Å². The van der Waals surface area contributed by atoms with Gasteiger partial charge in [-0.3, -0.25) is 0 Å². The van der Waals surface area contributed by atoms with E-state index < -0.39 is 0 Å². The molecule has 3 nitrogen and oxygen atoms in total. The number of hydrogen-bond acceptors (Lipinski definition) is 3. The minimum atomic E-state index is -0.261. The van der Waals surface area contributed by atoms with E-state index in [9.17, 15) is 4.39 Å². The maximum Gasteiger partial charge on any atom is 0.249 e. The molecule has 0 unspecified atom stereocenters. The van der Waals surface area contributed by atoms with Gasteiger partial charge in [0.05, 0.1) is 0 Å². The molecule has 0 aliphatic rings. The van der Waals surface area contributed by atoms with Crippen molar-refractivity contribution in [3.8, 4) is 0 Å². The van der Waals surface area contributed by atoms with Gasteiger partial charge in [0.1, 0.15) is 5.82 Å². The third-order valence-electron chi connectivity index (χ3n) is 1.75. The Kier molecular flexibility index (Phi) is 2.78. The molecule has 1 aromatic heterocycles. The summed E-state index contributed by atoms with van der Waals surface area (Å²) in [7, 11) is 0. The lowest BCUT2D eigenvalue weighted by atomic mass is 10.2. The molecule has 0 N–H and O–H groups in total. The molecule has 4 heteroatoms. The first-order valence-corrected chi connectivity index (χ1v) is 4.41. The topological polar surface area (TPSA) is 38.1 Å². The predicted molar refractivity (Wildman–Crippen MR) is 55.7 cm³/mol. The Morgan fingerprint density at radius 2 is 1.73 bits per heavy atom. The first-order valence-electron chi connectivity index (χ1n) is 4.41. The average Bonchev–Trinajstić information content (AvgIpc) is 2.30. The highest BCUT2D eigenvalue weighted by molar-refractivity contribution is 5.80. The van der Waals surface area contributed by atoms with Crippen molar-refractivity contribution in [2.24, 2.45) is 4.99 Å². The van der Waals surface area contributed by atoms with E-state index in [4.69, 9.17) is 0 Å². The Bertz CT molecular complexity index is 451. The van der Waals surface area contributed by atoms with Crippen LogP contribution in [0.4, 0.5) is 10.3 Å². The van der Waals surface area contributed by atoms with Gasteiger partial charge in [0.15, 0.2) is 0 Å². The molecule has 74 valence electrons. The minimum absolute atomic E-state index is 0.261. The number of aliphatic imine (C=N–C) groups is 1. The van der Waals surface area contributed by atoms with Gasteiger partial charge in [0.25, 0.3) is 0 Å². The number of hydrogen-bond donors (Lipinski definition) is 0. The number of rotatable bonds is 2. The third kappa shape index (κ3) is 2.67. The van der Waals surface area contributed by atoms with Crippen LogP contribution in [0.2, 0.25) is 0 Å². The summed E-state index contributed by atoms with van der Waals surface area (Å²) < 4.78 is 12.6. The lowest BCUT2D eigenvalue weighted by molar-refractivity contribution is 0.628. The van der Waals surface area contributed by atoms with Gasteiger partial charge >= 0.3 is 0 Å². The lowest BCUT2D eigenvalue weighted by Gasteiger charge is -1.92. The molecular weight excluding hydrogens is 193 g/mol. The van der Waals surface area contributed by atoms with E-state index in [1.54, 1.807) is 36.8 Å². The van der Waals surface area contributed by atoms with E-state index >= 15 is 0 Å². The van der Waals surface area contributed by atoms with E-state index in [-0.39, 0.29) is 5.82 Å². The second kappa shape index (κ2) is 4.41. The summed E-state index contributed by atoms with van der Waals surface area (Å²) in [6, 6.07) is 7.76. The molecule has 2 rings (SSSR count). The standard InChI is InChI=1S/C11H8FN3/c12-10-4-2-9(3-5-10)8-15-11-13-6-1-7-14-11/h1-8H/b15-8+. The van der Waals surface area contributed by atoms with Gasteiger partial charge < -0.3 is 0 Å². The number of benzene rings is 1. The van der Waals surface area contributed by atoms with Crippen LogP contribution in [-0.4, -0.2) is 16.2 Å². The van der Waals surface area contributed by atoms with Crippen molar-refractivity contribution in [2.75, 3.05) is 0 Å². The summed E-state index contributed by atoms with van der Waals surface area (Å²) in [6.45, 7) is 0. The summed E-state index contributed by atoms with van der Waals surface area (Å²) in [6.07, 6.45) is 4.82. The SMILES string of the molecule is Fc1ccc(/C=N/c2ncccn2)cc1. The molecule has 2 aromatic rings. The smallest absolute Gasteiger partial charge is 0.220 e. The monoisotopic (exact) mass is 201 g/mol. The van der Waals surface area contributed by atoms with Crippen LogP contribution in [0.25, 0.3) is 0 Å². The number of halogens is 1. The highest BCUT2D eigenvalue weighted by Crippen LogP contribution is 2.03. The summed E-state index contributed by atoms with van der Waals surface area (Å²) in [4.78, 5) is 11.9. The highest BCUT2D eigenvalue weighted by atomic mass is 19.1. The first kappa shape index (κ1) is 9.45. The zero-order valence-corrected chi connectivity index (χ0v) is 7.84. The number of aromatic nitrogens is 2. The molecule has 0 spiro atoms. The molecule has 0 radical (unpaired) electrons. The average molecular weight is 201 g/mol. The molecule has 0 atom stereocenters. The van der Waals surface area contributed by atoms with Crippen LogP contribution in [0.15, 0.2) is 47.7 Å². The van der Waals surface area contributed by atoms with Crippen LogP contribution in [0.3, 0.4) is 0 Å². The van der Waals surface area contributed by atoms with E-state index in [2.05, 4.69) is 15.0 Å². The summed E-state index contributed by atoms with van der Waals surface area (Å²) in [5, 5.41) is 0. The second-order valence-electron chi connectivity index (χ2n) is 2.86. The molecule has 0 amide bonds. The Labute approximate surface area is 86.4 Å². The van der Waals surface area contributed by atoms with Crippen molar-refractivity contribution in [3.63, 3.8) is 0 Å². The lowest BCUT2D eigenvalue weighted by Crippen LogP contribution is -1.83. The summed E-state index contributed by atoms with van der Waals surface area (Å²) in [5.41, 5.74) is 0.809. The molecule has 15 heavy (non-hydrogen) atoms. The zero-order chi connectivity index (χ0) is 10.5. The van der Waals surface area contributed by atoms with E-state index in [0.29, 0.717) is 5.95 Å². The molecule has 1 aromatic carbocycles. The van der Waals surface area contributed by atoms with Gasteiger partial charge in [-0.15, -0.1) is 0 Å². The fraction of sp³-hybridized carbons (Fsp3) is 0. The second-order valence-corrected chi connectivity index (χ2v) is 2.86. The fourth-order valence-corrected chi connectivity index (χ4v) is 1.04. The van der Waals surface area contributed by atoms with Crippen molar-refractivity contribution >= 4 is 12.2 Å². The van der Waals surface area contributed by atoms with E-state index in [0.717, 1.165) is 5.56 Å². The maximum atomic E-state index is 12.6. The van der Waals surface area contributed by atoms with Gasteiger partial charge in [-0.05, 0) is 23.8 Å². The van der Waals surface area contributed by atoms with E-state index in [1.165, 1.54) is 12.1 Å². The van der Waals surface area contributed by atoms with Crippen LogP contribution >= 0.6 is 0 Å². The van der Waals surface area contributed by atoms with Gasteiger partial charge in [0, 0.05) is 18.6 Å². The Morgan fingerprint density at radius 3 is 2.40 bits per heavy atom. The van der Waals surface area contributed by atoms with Crippen LogP contribution in [0.5, 0.6) is 0 Å². The Balaban J connectivity index is 2.15. The normalized spacial score (nSPS) is 10.7. The van der Waals surface area contributed by atoms with Crippen molar-refractivity contribution in [1.82, 2.24) is 9.97 Å². The maximum absolute atomic E-state index is 12.6. The molecular formula is C11H8FN3. The molecule has 0 saturated carbocycles. The summed E-state index contributed by atoms with van der Waals surface area (Å²) in [5.74, 6) is 0.130. The van der Waals surface area contributed by atoms with Gasteiger partial charge in [-0.25, -0.2) is 19.4 Å². The quantitative estimate of drug-likeness (QED) is 0.699. The summed E-state index contributed by atoms with van der Waals surface area (Å²) >= 11 is 0. The van der Waals surface area contributed by atoms with Crippen molar-refractivity contribution in [1.29, 1.82) is 0 Å². The van der Waals surface area contributed by atoms with Crippen LogP contribution in [0, 0.1) is 5.82 Å². The van der Waals surface area contributed by atoms with Crippen LogP contribution in [-0.2, 0) is 0 Å². The predicted octanol–water partition coefficient (Wildman–Crippen LogP) is 2.37. The highest BCUT2D eigenvalue weighted by Gasteiger charge is 1.91. The van der Waals surface area contributed by atoms with Crippen LogP contribution < -0.4 is 0 Å². The van der Waals surface area contributed by atoms with Crippen molar-refractivity contribution in [3.05, 3.63) is 54.1 Å². The van der Waals surface area contributed by atoms with Gasteiger partial charge in [-0.1, -0.05) is 12.1 Å². The molecule has 1 heterocycles. The number of nitrogens with zero attached hydrogens (tertiary/aromatic N) is 3. The molecule has 0 saturated heterocycles. The molecule has 0 fully saturated rings. The van der Waals surface area contributed by atoms with Crippen LogP contribution in [0.1, 0.15) is 5.56 Å². The Morgan fingerprint density at radius 1 is 1.07 bits per heavy atom.